The molecule has 6 nitrogen and oxygen atoms in total. The maximum absolute atomic E-state index is 12.9. The van der Waals surface area contributed by atoms with Crippen LogP contribution in [0.3, 0.4) is 0 Å². The molecule has 0 unspecified atom stereocenters. The number of carboxylic acids is 1. The van der Waals surface area contributed by atoms with Crippen LogP contribution in [0.1, 0.15) is 21.6 Å². The topological polar surface area (TPSA) is 75.4 Å². The van der Waals surface area contributed by atoms with Gasteiger partial charge in [-0.15, -0.1) is 0 Å². The molecular weight excluding hydrogens is 330 g/mol. The molecule has 2 aromatic carbocycles. The largest absolute Gasteiger partial charge is 0.477 e. The molecule has 0 spiro atoms. The van der Waals surface area contributed by atoms with Gasteiger partial charge in [0.1, 0.15) is 12.2 Å². The number of nitrogens with zero attached hydrogens (tertiary/aromatic N) is 3. The predicted molar refractivity (Wildman–Crippen MR) is 96.3 cm³/mol. The lowest BCUT2D eigenvalue weighted by atomic mass is 10.1. The zero-order valence-corrected chi connectivity index (χ0v) is 14.2. The minimum atomic E-state index is -1.10. The fourth-order valence-electron chi connectivity index (χ4n) is 2.71. The van der Waals surface area contributed by atoms with Gasteiger partial charge in [-0.1, -0.05) is 60.7 Å². The van der Waals surface area contributed by atoms with Crippen molar-refractivity contribution < 1.29 is 14.7 Å². The second-order valence-electron chi connectivity index (χ2n) is 5.90. The van der Waals surface area contributed by atoms with E-state index in [1.165, 1.54) is 16.9 Å². The molecule has 1 amide bonds. The van der Waals surface area contributed by atoms with Gasteiger partial charge in [0.25, 0.3) is 0 Å². The maximum Gasteiger partial charge on any atom is 0.354 e. The summed E-state index contributed by atoms with van der Waals surface area (Å²) in [5, 5.41) is 13.2. The second kappa shape index (κ2) is 8.11. The Kier molecular flexibility index (Phi) is 5.43. The summed E-state index contributed by atoms with van der Waals surface area (Å²) in [6.07, 6.45) is 1.38. The first-order valence-corrected chi connectivity index (χ1v) is 8.24. The van der Waals surface area contributed by atoms with Gasteiger partial charge in [0.15, 0.2) is 0 Å². The van der Waals surface area contributed by atoms with Crippen molar-refractivity contribution in [3.63, 3.8) is 0 Å². The van der Waals surface area contributed by atoms with Crippen molar-refractivity contribution >= 4 is 11.9 Å². The molecule has 26 heavy (non-hydrogen) atoms. The molecule has 1 aromatic heterocycles. The Morgan fingerprint density at radius 3 is 1.92 bits per heavy atom. The fraction of sp³-hybridized carbons (Fsp3) is 0.150. The van der Waals surface area contributed by atoms with Crippen LogP contribution in [-0.4, -0.2) is 31.7 Å². The number of benzene rings is 2. The zero-order valence-electron chi connectivity index (χ0n) is 14.2. The minimum Gasteiger partial charge on any atom is -0.477 e. The Hall–Kier alpha value is -3.41. The maximum atomic E-state index is 12.9. The number of carboxylic acid groups (broad SMARTS) is 1. The summed E-state index contributed by atoms with van der Waals surface area (Å²) in [6.45, 7) is 0.769. The van der Waals surface area contributed by atoms with Crippen LogP contribution in [0.2, 0.25) is 0 Å². The lowest BCUT2D eigenvalue weighted by molar-refractivity contribution is -0.133. The van der Waals surface area contributed by atoms with E-state index in [4.69, 9.17) is 0 Å². The molecule has 0 saturated carbocycles. The Balaban J connectivity index is 1.80. The molecule has 132 valence electrons. The van der Waals surface area contributed by atoms with E-state index in [0.717, 1.165) is 11.1 Å². The standard InChI is InChI=1S/C20H19N3O3/c24-19(15-23-18(20(25)26)11-12-21-23)22(13-16-7-3-1-4-8-16)14-17-9-5-2-6-10-17/h1-12H,13-15H2,(H,25,26). The van der Waals surface area contributed by atoms with Gasteiger partial charge in [0, 0.05) is 19.3 Å². The van der Waals surface area contributed by atoms with Gasteiger partial charge in [0.05, 0.1) is 0 Å². The van der Waals surface area contributed by atoms with Crippen molar-refractivity contribution in [2.24, 2.45) is 0 Å². The lowest BCUT2D eigenvalue weighted by Crippen LogP contribution is -2.34. The number of rotatable bonds is 7. The normalized spacial score (nSPS) is 10.5. The number of hydrogen-bond acceptors (Lipinski definition) is 3. The van der Waals surface area contributed by atoms with Gasteiger partial charge in [-0.05, 0) is 17.2 Å². The number of amides is 1. The summed E-state index contributed by atoms with van der Waals surface area (Å²) in [5.41, 5.74) is 2.02. The zero-order chi connectivity index (χ0) is 18.4. The van der Waals surface area contributed by atoms with E-state index in [1.54, 1.807) is 4.90 Å². The number of carbonyl (C=O) groups is 2. The second-order valence-corrected chi connectivity index (χ2v) is 5.90. The van der Waals surface area contributed by atoms with Crippen molar-refractivity contribution in [3.8, 4) is 0 Å². The molecule has 0 bridgehead atoms. The Morgan fingerprint density at radius 1 is 0.885 bits per heavy atom. The third-order valence-corrected chi connectivity index (χ3v) is 4.01. The van der Waals surface area contributed by atoms with E-state index in [9.17, 15) is 14.7 Å². The molecule has 0 aliphatic heterocycles. The van der Waals surface area contributed by atoms with Gasteiger partial charge in [-0.25, -0.2) is 9.48 Å². The van der Waals surface area contributed by atoms with Crippen LogP contribution in [0.25, 0.3) is 0 Å². The quantitative estimate of drug-likeness (QED) is 0.712. The number of aromatic carboxylic acids is 1. The average Bonchev–Trinajstić information content (AvgIpc) is 3.11. The number of carbonyl (C=O) groups excluding carboxylic acids is 1. The van der Waals surface area contributed by atoms with Gasteiger partial charge >= 0.3 is 5.97 Å². The molecule has 3 rings (SSSR count). The van der Waals surface area contributed by atoms with E-state index in [0.29, 0.717) is 13.1 Å². The number of hydrogen-bond donors (Lipinski definition) is 1. The molecule has 0 aliphatic rings. The van der Waals surface area contributed by atoms with Crippen LogP contribution in [-0.2, 0) is 24.4 Å². The van der Waals surface area contributed by atoms with Crippen LogP contribution in [0.5, 0.6) is 0 Å². The molecule has 3 aromatic rings. The minimum absolute atomic E-state index is 0.00211. The third-order valence-electron chi connectivity index (χ3n) is 4.01. The Bertz CT molecular complexity index is 834. The van der Waals surface area contributed by atoms with Gasteiger partial charge in [-0.2, -0.15) is 5.10 Å². The van der Waals surface area contributed by atoms with Crippen LogP contribution >= 0.6 is 0 Å². The molecule has 0 radical (unpaired) electrons. The predicted octanol–water partition coefficient (Wildman–Crippen LogP) is 2.81. The van der Waals surface area contributed by atoms with Crippen LogP contribution in [0.15, 0.2) is 72.9 Å². The van der Waals surface area contributed by atoms with Gasteiger partial charge in [-0.3, -0.25) is 4.79 Å². The molecule has 1 N–H and O–H groups in total. The van der Waals surface area contributed by atoms with Crippen molar-refractivity contribution in [3.05, 3.63) is 89.7 Å². The molecule has 0 saturated heterocycles. The average molecular weight is 349 g/mol. The van der Waals surface area contributed by atoms with E-state index in [2.05, 4.69) is 5.10 Å². The first kappa shape index (κ1) is 17.4. The molecule has 0 aliphatic carbocycles. The summed E-state index contributed by atoms with van der Waals surface area (Å²) >= 11 is 0. The molecule has 0 atom stereocenters. The van der Waals surface area contributed by atoms with Crippen molar-refractivity contribution in [2.75, 3.05) is 0 Å². The van der Waals surface area contributed by atoms with Crippen molar-refractivity contribution in [1.82, 2.24) is 14.7 Å². The molecular formula is C20H19N3O3. The molecule has 0 fully saturated rings. The van der Waals surface area contributed by atoms with Gasteiger partial charge in [0.2, 0.25) is 5.91 Å². The van der Waals surface area contributed by atoms with Gasteiger partial charge < -0.3 is 10.0 Å². The summed E-state index contributed by atoms with van der Waals surface area (Å²) in [5.74, 6) is -1.29. The highest BCUT2D eigenvalue weighted by atomic mass is 16.4. The summed E-state index contributed by atoms with van der Waals surface area (Å²) in [7, 11) is 0. The Labute approximate surface area is 151 Å². The van der Waals surface area contributed by atoms with E-state index in [1.807, 2.05) is 60.7 Å². The molecule has 1 heterocycles. The van der Waals surface area contributed by atoms with Crippen LogP contribution < -0.4 is 0 Å². The monoisotopic (exact) mass is 349 g/mol. The highest BCUT2D eigenvalue weighted by Gasteiger charge is 2.19. The molecule has 6 heteroatoms. The summed E-state index contributed by atoms with van der Waals surface area (Å²) in [4.78, 5) is 25.8. The third kappa shape index (κ3) is 4.36. The SMILES string of the molecule is O=C(O)c1ccnn1CC(=O)N(Cc1ccccc1)Cc1ccccc1. The Morgan fingerprint density at radius 2 is 1.42 bits per heavy atom. The van der Waals surface area contributed by atoms with Crippen LogP contribution in [0, 0.1) is 0 Å². The highest BCUT2D eigenvalue weighted by Crippen LogP contribution is 2.12. The van der Waals surface area contributed by atoms with Crippen LogP contribution in [0.4, 0.5) is 0 Å². The summed E-state index contributed by atoms with van der Waals surface area (Å²) < 4.78 is 1.22. The van der Waals surface area contributed by atoms with Crippen molar-refractivity contribution in [2.45, 2.75) is 19.6 Å². The van der Waals surface area contributed by atoms with Crippen molar-refractivity contribution in [1.29, 1.82) is 0 Å². The van der Waals surface area contributed by atoms with E-state index >= 15 is 0 Å². The van der Waals surface area contributed by atoms with E-state index < -0.39 is 5.97 Å². The smallest absolute Gasteiger partial charge is 0.354 e. The van der Waals surface area contributed by atoms with E-state index in [-0.39, 0.29) is 18.1 Å². The first-order chi connectivity index (χ1) is 12.6. The highest BCUT2D eigenvalue weighted by molar-refractivity contribution is 5.86. The number of aromatic nitrogens is 2. The first-order valence-electron chi connectivity index (χ1n) is 8.24. The fourth-order valence-corrected chi connectivity index (χ4v) is 2.71. The summed E-state index contributed by atoms with van der Waals surface area (Å²) in [6, 6.07) is 20.8. The lowest BCUT2D eigenvalue weighted by Gasteiger charge is -2.23.